The second kappa shape index (κ2) is 9.92. The van der Waals surface area contributed by atoms with Crippen molar-refractivity contribution in [2.45, 2.75) is 44.0 Å². The summed E-state index contributed by atoms with van der Waals surface area (Å²) in [5.74, 6) is 0. The molecule has 0 aromatic heterocycles. The lowest BCUT2D eigenvalue weighted by Crippen LogP contribution is -2.42. The minimum absolute atomic E-state index is 0.0605. The lowest BCUT2D eigenvalue weighted by Gasteiger charge is -2.37. The first-order chi connectivity index (χ1) is 17.0. The Kier molecular flexibility index (Phi) is 7.60. The lowest BCUT2D eigenvalue weighted by molar-refractivity contribution is -0.143. The Morgan fingerprint density at radius 2 is 1.41 bits per heavy atom. The fraction of sp³-hybridized carbons (Fsp3) is 0.375. The largest absolute Gasteiger partial charge is 0.452 e. The highest BCUT2D eigenvalue weighted by atomic mass is 19.4. The molecule has 4 nitrogen and oxygen atoms in total. The second-order valence-corrected chi connectivity index (χ2v) is 8.12. The molecule has 1 heterocycles. The molecular weight excluding hydrogens is 521 g/mol. The molecule has 1 amide bonds. The van der Waals surface area contributed by atoms with Crippen LogP contribution in [-0.2, 0) is 28.0 Å². The Morgan fingerprint density at radius 1 is 0.865 bits per heavy atom. The Labute approximate surface area is 205 Å². The summed E-state index contributed by atoms with van der Waals surface area (Å²) < 4.78 is 131. The Balaban J connectivity index is 2.32. The van der Waals surface area contributed by atoms with Gasteiger partial charge < -0.3 is 9.47 Å². The maximum atomic E-state index is 13.5. The third-order valence-electron chi connectivity index (χ3n) is 5.82. The van der Waals surface area contributed by atoms with Crippen molar-refractivity contribution in [3.63, 3.8) is 0 Å². The summed E-state index contributed by atoms with van der Waals surface area (Å²) in [5, 5.41) is 0. The number of ether oxygens (including phenoxy) is 2. The van der Waals surface area contributed by atoms with Crippen LogP contribution in [0.4, 0.5) is 50.0 Å². The van der Waals surface area contributed by atoms with Crippen LogP contribution in [0.2, 0.25) is 0 Å². The van der Waals surface area contributed by atoms with E-state index in [-0.39, 0.29) is 29.3 Å². The smallest absolute Gasteiger partial charge is 0.416 e. The van der Waals surface area contributed by atoms with Gasteiger partial charge in [0.15, 0.2) is 0 Å². The number of carbonyl (C=O) groups is 1. The molecule has 2 aromatic rings. The number of alkyl halides is 9. The molecule has 0 N–H and O–H groups in total. The topological polar surface area (TPSA) is 38.8 Å². The molecule has 202 valence electrons. The predicted molar refractivity (Wildman–Crippen MR) is 115 cm³/mol. The van der Waals surface area contributed by atoms with Crippen LogP contribution >= 0.6 is 0 Å². The van der Waals surface area contributed by atoms with Gasteiger partial charge in [-0.05, 0) is 54.0 Å². The fourth-order valence-electron chi connectivity index (χ4n) is 4.14. The van der Waals surface area contributed by atoms with E-state index in [1.807, 2.05) is 0 Å². The summed E-state index contributed by atoms with van der Waals surface area (Å²) in [6, 6.07) is 2.35. The zero-order valence-electron chi connectivity index (χ0n) is 19.5. The molecule has 0 spiro atoms. The maximum absolute atomic E-state index is 13.5. The first-order valence-electron chi connectivity index (χ1n) is 10.7. The summed E-state index contributed by atoms with van der Waals surface area (Å²) in [7, 11) is 2.05. The molecule has 3 rings (SSSR count). The van der Waals surface area contributed by atoms with Crippen molar-refractivity contribution in [2.75, 3.05) is 19.1 Å². The van der Waals surface area contributed by atoms with Crippen molar-refractivity contribution in [1.82, 2.24) is 0 Å². The highest BCUT2D eigenvalue weighted by Gasteiger charge is 2.40. The first-order valence-corrected chi connectivity index (χ1v) is 10.7. The fourth-order valence-corrected chi connectivity index (χ4v) is 4.14. The SMILES string of the molecule is CC[C@@H]1C=C(C(OC)c2cc(C(F)(F)F)cc(C(F)(F)F)c2)c2cc(C(F)(F)F)ccc2N1C(=O)OC. The first kappa shape index (κ1) is 28.4. The molecule has 13 heteroatoms. The summed E-state index contributed by atoms with van der Waals surface area (Å²) in [6.07, 6.45) is -16.2. The van der Waals surface area contributed by atoms with Gasteiger partial charge in [0.25, 0.3) is 0 Å². The van der Waals surface area contributed by atoms with Crippen molar-refractivity contribution < 1.29 is 53.8 Å². The van der Waals surface area contributed by atoms with E-state index in [1.54, 1.807) is 6.92 Å². The van der Waals surface area contributed by atoms with Crippen LogP contribution in [0.1, 0.15) is 47.3 Å². The molecular formula is C24H20F9NO3. The highest BCUT2D eigenvalue weighted by molar-refractivity contribution is 5.97. The van der Waals surface area contributed by atoms with E-state index in [1.165, 1.54) is 6.08 Å². The number of methoxy groups -OCH3 is 2. The molecule has 1 unspecified atom stereocenters. The molecule has 1 aliphatic rings. The van der Waals surface area contributed by atoms with Crippen LogP contribution < -0.4 is 4.90 Å². The van der Waals surface area contributed by atoms with E-state index >= 15 is 0 Å². The van der Waals surface area contributed by atoms with Gasteiger partial charge in [-0.25, -0.2) is 4.79 Å². The van der Waals surface area contributed by atoms with Crippen LogP contribution in [0.3, 0.4) is 0 Å². The van der Waals surface area contributed by atoms with Crippen LogP contribution in [-0.4, -0.2) is 26.4 Å². The summed E-state index contributed by atoms with van der Waals surface area (Å²) in [5.41, 5.74) is -5.42. The van der Waals surface area contributed by atoms with Crippen molar-refractivity contribution in [3.05, 3.63) is 70.3 Å². The average molecular weight is 541 g/mol. The quantitative estimate of drug-likeness (QED) is 0.370. The summed E-state index contributed by atoms with van der Waals surface area (Å²) >= 11 is 0. The van der Waals surface area contributed by atoms with Crippen LogP contribution in [0.5, 0.6) is 0 Å². The molecule has 37 heavy (non-hydrogen) atoms. The Hall–Kier alpha value is -3.22. The van der Waals surface area contributed by atoms with Gasteiger partial charge in [-0.2, -0.15) is 39.5 Å². The number of fused-ring (bicyclic) bond motifs is 1. The average Bonchev–Trinajstić information content (AvgIpc) is 2.81. The van der Waals surface area contributed by atoms with Gasteiger partial charge in [-0.15, -0.1) is 0 Å². The molecule has 0 fully saturated rings. The Morgan fingerprint density at radius 3 is 1.84 bits per heavy atom. The zero-order chi connectivity index (χ0) is 27.9. The van der Waals surface area contributed by atoms with Gasteiger partial charge in [-0.1, -0.05) is 13.0 Å². The molecule has 0 aliphatic carbocycles. The highest BCUT2D eigenvalue weighted by Crippen LogP contribution is 2.47. The molecule has 2 atom stereocenters. The monoisotopic (exact) mass is 541 g/mol. The molecule has 0 bridgehead atoms. The predicted octanol–water partition coefficient (Wildman–Crippen LogP) is 7.88. The van der Waals surface area contributed by atoms with Gasteiger partial charge in [-0.3, -0.25) is 4.90 Å². The third kappa shape index (κ3) is 5.71. The van der Waals surface area contributed by atoms with Crippen LogP contribution in [0, 0.1) is 0 Å². The number of hydrogen-bond donors (Lipinski definition) is 0. The number of carbonyl (C=O) groups excluding carboxylic acids is 1. The summed E-state index contributed by atoms with van der Waals surface area (Å²) in [6.45, 7) is 1.62. The lowest BCUT2D eigenvalue weighted by atomic mass is 9.86. The molecule has 2 aromatic carbocycles. The van der Waals surface area contributed by atoms with E-state index in [2.05, 4.69) is 0 Å². The van der Waals surface area contributed by atoms with E-state index < -0.39 is 59.0 Å². The van der Waals surface area contributed by atoms with E-state index in [0.717, 1.165) is 25.2 Å². The van der Waals surface area contributed by atoms with Gasteiger partial charge >= 0.3 is 24.6 Å². The minimum atomic E-state index is -5.15. The number of halogens is 9. The number of benzene rings is 2. The Bertz CT molecular complexity index is 1170. The second-order valence-electron chi connectivity index (χ2n) is 8.12. The van der Waals surface area contributed by atoms with E-state index in [9.17, 15) is 44.3 Å². The van der Waals surface area contributed by atoms with Crippen LogP contribution in [0.15, 0.2) is 42.5 Å². The zero-order valence-corrected chi connectivity index (χ0v) is 19.5. The van der Waals surface area contributed by atoms with Crippen molar-refractivity contribution in [2.24, 2.45) is 0 Å². The van der Waals surface area contributed by atoms with Crippen LogP contribution in [0.25, 0.3) is 5.57 Å². The van der Waals surface area contributed by atoms with Gasteiger partial charge in [0.1, 0.15) is 6.10 Å². The standard InChI is InChI=1S/C24H20F9NO3/c1-4-16-11-18(17-10-13(22(25,26)27)5-6-19(17)34(16)21(35)37-3)20(36-2)12-7-14(23(28,29)30)9-15(8-12)24(31,32)33/h5-11,16,20H,4H2,1-3H3/t16-,20?/m1/s1. The van der Waals surface area contributed by atoms with Crippen molar-refractivity contribution in [3.8, 4) is 0 Å². The maximum Gasteiger partial charge on any atom is 0.416 e. The number of hydrogen-bond acceptors (Lipinski definition) is 3. The van der Waals surface area contributed by atoms with Gasteiger partial charge in [0.05, 0.1) is 35.5 Å². The normalized spacial score (nSPS) is 17.2. The van der Waals surface area contributed by atoms with E-state index in [4.69, 9.17) is 9.47 Å². The molecule has 0 radical (unpaired) electrons. The van der Waals surface area contributed by atoms with E-state index in [0.29, 0.717) is 24.3 Å². The third-order valence-corrected chi connectivity index (χ3v) is 5.82. The number of amides is 1. The van der Waals surface area contributed by atoms with Crippen molar-refractivity contribution in [1.29, 1.82) is 0 Å². The van der Waals surface area contributed by atoms with Gasteiger partial charge in [0, 0.05) is 12.7 Å². The van der Waals surface area contributed by atoms with Crippen molar-refractivity contribution >= 4 is 17.4 Å². The minimum Gasteiger partial charge on any atom is -0.452 e. The molecule has 0 saturated carbocycles. The van der Waals surface area contributed by atoms with Gasteiger partial charge in [0.2, 0.25) is 0 Å². The number of rotatable bonds is 4. The summed E-state index contributed by atoms with van der Waals surface area (Å²) in [4.78, 5) is 13.5. The molecule has 1 aliphatic heterocycles. The number of nitrogens with zero attached hydrogens (tertiary/aromatic N) is 1. The molecule has 0 saturated heterocycles. The number of anilines is 1.